The van der Waals surface area contributed by atoms with Gasteiger partial charge in [0.15, 0.2) is 0 Å². The van der Waals surface area contributed by atoms with Gasteiger partial charge in [-0.25, -0.2) is 4.79 Å². The van der Waals surface area contributed by atoms with E-state index in [9.17, 15) is 9.59 Å². The van der Waals surface area contributed by atoms with E-state index in [-0.39, 0.29) is 11.9 Å². The third-order valence-electron chi connectivity index (χ3n) is 4.34. The van der Waals surface area contributed by atoms with Crippen LogP contribution in [0.3, 0.4) is 0 Å². The second-order valence-corrected chi connectivity index (χ2v) is 6.06. The number of urea groups is 1. The Morgan fingerprint density at radius 3 is 2.54 bits per heavy atom. The zero-order valence-corrected chi connectivity index (χ0v) is 13.9. The lowest BCUT2D eigenvalue weighted by Crippen LogP contribution is -2.43. The van der Waals surface area contributed by atoms with Crippen molar-refractivity contribution in [2.75, 3.05) is 16.8 Å². The van der Waals surface area contributed by atoms with Gasteiger partial charge < -0.3 is 15.5 Å². The van der Waals surface area contributed by atoms with Gasteiger partial charge in [-0.1, -0.05) is 24.3 Å². The fraction of sp³-hybridized carbons (Fsp3) is 0.263. The first-order chi connectivity index (χ1) is 11.5. The maximum absolute atomic E-state index is 12.6. The standard InChI is InChI=1S/C19H21N3O2/c1-13-8-9-16(12-14(13)2)22-11-10-17(18(22)23)21-19(24)20-15-6-4-3-5-7-15/h3-9,12,17H,10-11H2,1-2H3,(H2,20,21,24)/t17-/m0/s1. The van der Waals surface area contributed by atoms with E-state index in [0.29, 0.717) is 18.7 Å². The van der Waals surface area contributed by atoms with Crippen LogP contribution >= 0.6 is 0 Å². The lowest BCUT2D eigenvalue weighted by atomic mass is 10.1. The topological polar surface area (TPSA) is 61.4 Å². The molecule has 1 aliphatic rings. The number of carbonyl (C=O) groups is 2. The number of hydrogen-bond donors (Lipinski definition) is 2. The molecule has 2 N–H and O–H groups in total. The normalized spacial score (nSPS) is 17.0. The molecule has 1 heterocycles. The van der Waals surface area contributed by atoms with Crippen LogP contribution < -0.4 is 15.5 Å². The van der Waals surface area contributed by atoms with Crippen LogP contribution in [-0.4, -0.2) is 24.5 Å². The highest BCUT2D eigenvalue weighted by Gasteiger charge is 2.33. The Hall–Kier alpha value is -2.82. The lowest BCUT2D eigenvalue weighted by molar-refractivity contribution is -0.118. The van der Waals surface area contributed by atoms with Gasteiger partial charge >= 0.3 is 6.03 Å². The fourth-order valence-electron chi connectivity index (χ4n) is 2.81. The number of nitrogens with zero attached hydrogens (tertiary/aromatic N) is 1. The van der Waals surface area contributed by atoms with Gasteiger partial charge in [-0.05, 0) is 55.7 Å². The van der Waals surface area contributed by atoms with Crippen molar-refractivity contribution in [2.24, 2.45) is 0 Å². The number of nitrogens with one attached hydrogen (secondary N) is 2. The Labute approximate surface area is 141 Å². The minimum atomic E-state index is -0.490. The van der Waals surface area contributed by atoms with Crippen molar-refractivity contribution in [2.45, 2.75) is 26.3 Å². The predicted octanol–water partition coefficient (Wildman–Crippen LogP) is 3.23. The van der Waals surface area contributed by atoms with Crippen molar-refractivity contribution < 1.29 is 9.59 Å². The van der Waals surface area contributed by atoms with E-state index >= 15 is 0 Å². The molecular weight excluding hydrogens is 302 g/mol. The largest absolute Gasteiger partial charge is 0.326 e. The second kappa shape index (κ2) is 6.74. The number of aryl methyl sites for hydroxylation is 2. The van der Waals surface area contributed by atoms with Crippen LogP contribution in [0.5, 0.6) is 0 Å². The maximum atomic E-state index is 12.6. The number of carbonyl (C=O) groups excluding carboxylic acids is 2. The molecule has 0 spiro atoms. The third-order valence-corrected chi connectivity index (χ3v) is 4.34. The third kappa shape index (κ3) is 3.40. The molecule has 5 heteroatoms. The van der Waals surface area contributed by atoms with Crippen LogP contribution in [0.2, 0.25) is 0 Å². The molecule has 1 atom stereocenters. The van der Waals surface area contributed by atoms with Crippen molar-refractivity contribution in [3.05, 3.63) is 59.7 Å². The Morgan fingerprint density at radius 1 is 1.08 bits per heavy atom. The van der Waals surface area contributed by atoms with E-state index < -0.39 is 6.04 Å². The molecule has 3 rings (SSSR count). The minimum absolute atomic E-state index is 0.0681. The van der Waals surface area contributed by atoms with Crippen molar-refractivity contribution in [1.29, 1.82) is 0 Å². The van der Waals surface area contributed by atoms with Crippen LogP contribution in [0.1, 0.15) is 17.5 Å². The average Bonchev–Trinajstić information content (AvgIpc) is 2.92. The zero-order chi connectivity index (χ0) is 17.1. The molecule has 2 aromatic carbocycles. The summed E-state index contributed by atoms with van der Waals surface area (Å²) in [4.78, 5) is 26.4. The summed E-state index contributed by atoms with van der Waals surface area (Å²) >= 11 is 0. The summed E-state index contributed by atoms with van der Waals surface area (Å²) < 4.78 is 0. The van der Waals surface area contributed by atoms with E-state index in [1.807, 2.05) is 50.2 Å². The highest BCUT2D eigenvalue weighted by molar-refractivity contribution is 6.02. The molecule has 5 nitrogen and oxygen atoms in total. The van der Waals surface area contributed by atoms with Gasteiger partial charge in [-0.2, -0.15) is 0 Å². The van der Waals surface area contributed by atoms with Crippen molar-refractivity contribution >= 4 is 23.3 Å². The molecule has 0 saturated carbocycles. The van der Waals surface area contributed by atoms with Gasteiger partial charge in [0.05, 0.1) is 0 Å². The molecule has 0 bridgehead atoms. The van der Waals surface area contributed by atoms with E-state index in [1.54, 1.807) is 17.0 Å². The molecular formula is C19H21N3O2. The molecule has 0 unspecified atom stereocenters. The number of hydrogen-bond acceptors (Lipinski definition) is 2. The highest BCUT2D eigenvalue weighted by Crippen LogP contribution is 2.24. The van der Waals surface area contributed by atoms with Gasteiger partial charge in [-0.15, -0.1) is 0 Å². The molecule has 0 radical (unpaired) electrons. The smallest absolute Gasteiger partial charge is 0.319 e. The van der Waals surface area contributed by atoms with Gasteiger partial charge in [0.1, 0.15) is 6.04 Å². The maximum Gasteiger partial charge on any atom is 0.319 e. The Morgan fingerprint density at radius 2 is 1.83 bits per heavy atom. The summed E-state index contributed by atoms with van der Waals surface area (Å²) in [7, 11) is 0. The van der Waals surface area contributed by atoms with Gasteiger partial charge in [0.2, 0.25) is 5.91 Å². The lowest BCUT2D eigenvalue weighted by Gasteiger charge is -2.18. The summed E-state index contributed by atoms with van der Waals surface area (Å²) in [6.45, 7) is 4.68. The van der Waals surface area contributed by atoms with E-state index in [2.05, 4.69) is 10.6 Å². The summed E-state index contributed by atoms with van der Waals surface area (Å²) in [5, 5.41) is 5.50. The van der Waals surface area contributed by atoms with Crippen molar-refractivity contribution in [3.8, 4) is 0 Å². The molecule has 24 heavy (non-hydrogen) atoms. The quantitative estimate of drug-likeness (QED) is 0.911. The summed E-state index contributed by atoms with van der Waals surface area (Å²) in [6.07, 6.45) is 0.605. The fourth-order valence-corrected chi connectivity index (χ4v) is 2.81. The molecule has 0 aliphatic carbocycles. The summed E-state index contributed by atoms with van der Waals surface area (Å²) in [5.74, 6) is -0.0681. The Balaban J connectivity index is 1.63. The molecule has 1 aliphatic heterocycles. The van der Waals surface area contributed by atoms with Crippen LogP contribution in [0.4, 0.5) is 16.2 Å². The van der Waals surface area contributed by atoms with E-state index in [1.165, 1.54) is 5.56 Å². The molecule has 2 aromatic rings. The summed E-state index contributed by atoms with van der Waals surface area (Å²) in [6, 6.07) is 14.3. The number of rotatable bonds is 3. The van der Waals surface area contributed by atoms with Crippen molar-refractivity contribution in [3.63, 3.8) is 0 Å². The van der Waals surface area contributed by atoms with Crippen molar-refractivity contribution in [1.82, 2.24) is 5.32 Å². The molecule has 0 aromatic heterocycles. The van der Waals surface area contributed by atoms with Gasteiger partial charge in [-0.3, -0.25) is 4.79 Å². The molecule has 1 fully saturated rings. The van der Waals surface area contributed by atoms with Crippen LogP contribution in [0.15, 0.2) is 48.5 Å². The molecule has 1 saturated heterocycles. The Bertz CT molecular complexity index is 758. The minimum Gasteiger partial charge on any atom is -0.326 e. The number of amides is 3. The van der Waals surface area contributed by atoms with Gasteiger partial charge in [0.25, 0.3) is 0 Å². The Kier molecular flexibility index (Phi) is 4.51. The second-order valence-electron chi connectivity index (χ2n) is 6.06. The zero-order valence-electron chi connectivity index (χ0n) is 13.9. The first kappa shape index (κ1) is 16.1. The van der Waals surface area contributed by atoms with E-state index in [0.717, 1.165) is 11.3 Å². The van der Waals surface area contributed by atoms with Crippen LogP contribution in [-0.2, 0) is 4.79 Å². The van der Waals surface area contributed by atoms with Gasteiger partial charge in [0, 0.05) is 17.9 Å². The van der Waals surface area contributed by atoms with Crippen LogP contribution in [0.25, 0.3) is 0 Å². The summed E-state index contributed by atoms with van der Waals surface area (Å²) in [5.41, 5.74) is 3.93. The van der Waals surface area contributed by atoms with E-state index in [4.69, 9.17) is 0 Å². The predicted molar refractivity (Wildman–Crippen MR) is 95.3 cm³/mol. The first-order valence-electron chi connectivity index (χ1n) is 8.06. The van der Waals surface area contributed by atoms with Crippen LogP contribution in [0, 0.1) is 13.8 Å². The monoisotopic (exact) mass is 323 g/mol. The number of benzene rings is 2. The highest BCUT2D eigenvalue weighted by atomic mass is 16.2. The number of para-hydroxylation sites is 1. The average molecular weight is 323 g/mol. The number of anilines is 2. The first-order valence-corrected chi connectivity index (χ1v) is 8.06. The molecule has 124 valence electrons. The molecule has 3 amide bonds. The SMILES string of the molecule is Cc1ccc(N2CC[C@H](NC(=O)Nc3ccccc3)C2=O)cc1C.